The summed E-state index contributed by atoms with van der Waals surface area (Å²) in [5.41, 5.74) is 3.68. The Kier molecular flexibility index (Phi) is 4.46. The van der Waals surface area contributed by atoms with Gasteiger partial charge in [0.2, 0.25) is 5.91 Å². The molecule has 2 aromatic carbocycles. The number of carbonyl (C=O) groups is 1. The van der Waals surface area contributed by atoms with E-state index in [2.05, 4.69) is 22.8 Å². The fourth-order valence-electron chi connectivity index (χ4n) is 2.96. The van der Waals surface area contributed by atoms with Gasteiger partial charge in [0.05, 0.1) is 4.92 Å². The monoisotopic (exact) mass is 325 g/mol. The highest BCUT2D eigenvalue weighted by Gasteiger charge is 2.19. The molecule has 0 bridgehead atoms. The molecular weight excluding hydrogens is 306 g/mol. The summed E-state index contributed by atoms with van der Waals surface area (Å²) in [4.78, 5) is 22.8. The zero-order chi connectivity index (χ0) is 17.1. The molecule has 3 rings (SSSR count). The Bertz CT molecular complexity index is 789. The summed E-state index contributed by atoms with van der Waals surface area (Å²) < 4.78 is 0. The van der Waals surface area contributed by atoms with E-state index < -0.39 is 11.0 Å². The van der Waals surface area contributed by atoms with Crippen LogP contribution in [0.2, 0.25) is 0 Å². The number of aryl methyl sites for hydroxylation is 2. The lowest BCUT2D eigenvalue weighted by Gasteiger charge is -2.16. The lowest BCUT2D eigenvalue weighted by Crippen LogP contribution is -2.32. The first-order valence-corrected chi connectivity index (χ1v) is 7.97. The molecule has 0 saturated carbocycles. The van der Waals surface area contributed by atoms with E-state index in [1.54, 1.807) is 19.1 Å². The van der Waals surface area contributed by atoms with E-state index in [1.165, 1.54) is 29.7 Å². The van der Waals surface area contributed by atoms with E-state index in [0.29, 0.717) is 0 Å². The molecule has 124 valence electrons. The first kappa shape index (κ1) is 16.0. The van der Waals surface area contributed by atoms with E-state index >= 15 is 0 Å². The number of para-hydroxylation sites is 2. The molecule has 0 fully saturated rings. The summed E-state index contributed by atoms with van der Waals surface area (Å²) in [6.45, 7) is 1.73. The first-order chi connectivity index (χ1) is 11.5. The predicted octanol–water partition coefficient (Wildman–Crippen LogP) is 3.52. The molecule has 6 nitrogen and oxygen atoms in total. The SMILES string of the molecule is C[C@H](Nc1ccc2c(c1)CCC2)C(=O)Nc1ccccc1[N+](=O)[O-]. The van der Waals surface area contributed by atoms with Crippen LogP contribution in [0.15, 0.2) is 42.5 Å². The van der Waals surface area contributed by atoms with Gasteiger partial charge in [-0.3, -0.25) is 14.9 Å². The average Bonchev–Trinajstić information content (AvgIpc) is 3.02. The van der Waals surface area contributed by atoms with E-state index in [4.69, 9.17) is 0 Å². The van der Waals surface area contributed by atoms with Crippen molar-refractivity contribution in [3.8, 4) is 0 Å². The van der Waals surface area contributed by atoms with Gasteiger partial charge >= 0.3 is 0 Å². The zero-order valence-electron chi connectivity index (χ0n) is 13.4. The van der Waals surface area contributed by atoms with Gasteiger partial charge in [-0.05, 0) is 55.5 Å². The van der Waals surface area contributed by atoms with E-state index in [9.17, 15) is 14.9 Å². The topological polar surface area (TPSA) is 84.3 Å². The number of nitro benzene ring substituents is 1. The summed E-state index contributed by atoms with van der Waals surface area (Å²) in [6.07, 6.45) is 3.36. The van der Waals surface area contributed by atoms with Gasteiger partial charge < -0.3 is 10.6 Å². The first-order valence-electron chi connectivity index (χ1n) is 7.97. The van der Waals surface area contributed by atoms with Crippen molar-refractivity contribution in [1.82, 2.24) is 0 Å². The maximum absolute atomic E-state index is 12.3. The number of nitrogens with zero attached hydrogens (tertiary/aromatic N) is 1. The Morgan fingerprint density at radius 3 is 2.71 bits per heavy atom. The zero-order valence-corrected chi connectivity index (χ0v) is 13.4. The molecule has 1 amide bonds. The van der Waals surface area contributed by atoms with Gasteiger partial charge in [-0.15, -0.1) is 0 Å². The van der Waals surface area contributed by atoms with Gasteiger partial charge in [0.1, 0.15) is 11.7 Å². The fourth-order valence-corrected chi connectivity index (χ4v) is 2.96. The number of nitrogens with one attached hydrogen (secondary N) is 2. The minimum absolute atomic E-state index is 0.115. The van der Waals surface area contributed by atoms with Crippen molar-refractivity contribution >= 4 is 23.0 Å². The second-order valence-electron chi connectivity index (χ2n) is 5.97. The summed E-state index contributed by atoms with van der Waals surface area (Å²) in [6, 6.07) is 11.8. The molecule has 6 heteroatoms. The van der Waals surface area contributed by atoms with Crippen molar-refractivity contribution in [2.75, 3.05) is 10.6 Å². The summed E-state index contributed by atoms with van der Waals surface area (Å²) in [5.74, 6) is -0.315. The highest BCUT2D eigenvalue weighted by atomic mass is 16.6. The highest BCUT2D eigenvalue weighted by Crippen LogP contribution is 2.26. The van der Waals surface area contributed by atoms with Crippen molar-refractivity contribution in [3.05, 3.63) is 63.7 Å². The molecule has 2 N–H and O–H groups in total. The number of hydrogen-bond acceptors (Lipinski definition) is 4. The number of benzene rings is 2. The van der Waals surface area contributed by atoms with E-state index in [0.717, 1.165) is 18.5 Å². The van der Waals surface area contributed by atoms with Gasteiger partial charge in [0.15, 0.2) is 0 Å². The minimum Gasteiger partial charge on any atom is -0.374 e. The molecule has 0 heterocycles. The third-order valence-corrected chi connectivity index (χ3v) is 4.23. The Balaban J connectivity index is 1.68. The molecule has 24 heavy (non-hydrogen) atoms. The van der Waals surface area contributed by atoms with Crippen LogP contribution in [0.4, 0.5) is 17.1 Å². The van der Waals surface area contributed by atoms with Gasteiger partial charge in [0.25, 0.3) is 5.69 Å². The maximum Gasteiger partial charge on any atom is 0.292 e. The molecule has 0 unspecified atom stereocenters. The second kappa shape index (κ2) is 6.70. The highest BCUT2D eigenvalue weighted by molar-refractivity contribution is 5.98. The van der Waals surface area contributed by atoms with Crippen LogP contribution in [-0.4, -0.2) is 16.9 Å². The second-order valence-corrected chi connectivity index (χ2v) is 5.97. The van der Waals surface area contributed by atoms with Crippen molar-refractivity contribution in [2.45, 2.75) is 32.2 Å². The van der Waals surface area contributed by atoms with Crippen molar-refractivity contribution in [3.63, 3.8) is 0 Å². The van der Waals surface area contributed by atoms with Gasteiger partial charge in [-0.25, -0.2) is 0 Å². The number of hydrogen-bond donors (Lipinski definition) is 2. The molecular formula is C18H19N3O3. The Morgan fingerprint density at radius 1 is 1.17 bits per heavy atom. The molecule has 0 aromatic heterocycles. The van der Waals surface area contributed by atoms with Crippen LogP contribution in [0.3, 0.4) is 0 Å². The van der Waals surface area contributed by atoms with Crippen molar-refractivity contribution < 1.29 is 9.72 Å². The van der Waals surface area contributed by atoms with Crippen LogP contribution in [0, 0.1) is 10.1 Å². The summed E-state index contributed by atoms with van der Waals surface area (Å²) in [5, 5.41) is 16.8. The number of nitro groups is 1. The summed E-state index contributed by atoms with van der Waals surface area (Å²) in [7, 11) is 0. The predicted molar refractivity (Wildman–Crippen MR) is 93.3 cm³/mol. The standard InChI is InChI=1S/C18H19N3O3/c1-12(19-15-10-9-13-5-4-6-14(13)11-15)18(22)20-16-7-2-3-8-17(16)21(23)24/h2-3,7-12,19H,4-6H2,1H3,(H,20,22)/t12-/m0/s1. The largest absolute Gasteiger partial charge is 0.374 e. The number of amides is 1. The number of carbonyl (C=O) groups excluding carboxylic acids is 1. The maximum atomic E-state index is 12.3. The smallest absolute Gasteiger partial charge is 0.292 e. The van der Waals surface area contributed by atoms with Crippen LogP contribution >= 0.6 is 0 Å². The van der Waals surface area contributed by atoms with Crippen LogP contribution in [0.25, 0.3) is 0 Å². The molecule has 0 radical (unpaired) electrons. The van der Waals surface area contributed by atoms with Crippen LogP contribution in [-0.2, 0) is 17.6 Å². The molecule has 1 atom stereocenters. The lowest BCUT2D eigenvalue weighted by molar-refractivity contribution is -0.383. The Hall–Kier alpha value is -2.89. The van der Waals surface area contributed by atoms with Crippen LogP contribution in [0.1, 0.15) is 24.5 Å². The quantitative estimate of drug-likeness (QED) is 0.650. The molecule has 0 spiro atoms. The average molecular weight is 325 g/mol. The normalized spacial score (nSPS) is 13.9. The number of anilines is 2. The van der Waals surface area contributed by atoms with E-state index in [1.807, 2.05) is 6.07 Å². The van der Waals surface area contributed by atoms with Gasteiger partial charge in [0, 0.05) is 11.8 Å². The molecule has 1 aliphatic rings. The molecule has 1 aliphatic carbocycles. The van der Waals surface area contributed by atoms with Crippen molar-refractivity contribution in [2.24, 2.45) is 0 Å². The Labute approximate surface area is 140 Å². The minimum atomic E-state index is -0.510. The summed E-state index contributed by atoms with van der Waals surface area (Å²) >= 11 is 0. The fraction of sp³-hybridized carbons (Fsp3) is 0.278. The number of fused-ring (bicyclic) bond motifs is 1. The van der Waals surface area contributed by atoms with Crippen LogP contribution < -0.4 is 10.6 Å². The van der Waals surface area contributed by atoms with Gasteiger partial charge in [-0.1, -0.05) is 18.2 Å². The van der Waals surface area contributed by atoms with E-state index in [-0.39, 0.29) is 17.3 Å². The third-order valence-electron chi connectivity index (χ3n) is 4.23. The lowest BCUT2D eigenvalue weighted by atomic mass is 10.1. The Morgan fingerprint density at radius 2 is 1.92 bits per heavy atom. The molecule has 0 aliphatic heterocycles. The molecule has 0 saturated heterocycles. The van der Waals surface area contributed by atoms with Crippen LogP contribution in [0.5, 0.6) is 0 Å². The van der Waals surface area contributed by atoms with Crippen molar-refractivity contribution in [1.29, 1.82) is 0 Å². The number of rotatable bonds is 5. The third kappa shape index (κ3) is 3.37. The van der Waals surface area contributed by atoms with Gasteiger partial charge in [-0.2, -0.15) is 0 Å². The molecule has 2 aromatic rings.